The molecule has 1 heterocycles. The summed E-state index contributed by atoms with van der Waals surface area (Å²) < 4.78 is 5.87. The number of nitrogens with zero attached hydrogens (tertiary/aromatic N) is 1. The molecule has 2 amide bonds. The second kappa shape index (κ2) is 7.91. The van der Waals surface area contributed by atoms with Gasteiger partial charge in [0.2, 0.25) is 0 Å². The van der Waals surface area contributed by atoms with Crippen LogP contribution in [0.2, 0.25) is 0 Å². The summed E-state index contributed by atoms with van der Waals surface area (Å²) in [4.78, 5) is 13.8. The Kier molecular flexibility index (Phi) is 5.90. The number of ether oxygens (including phenoxy) is 1. The van der Waals surface area contributed by atoms with Crippen LogP contribution in [0.1, 0.15) is 31.7 Å². The molecule has 1 aromatic rings. The van der Waals surface area contributed by atoms with Gasteiger partial charge in [0, 0.05) is 19.6 Å². The van der Waals surface area contributed by atoms with Gasteiger partial charge in [-0.05, 0) is 49.8 Å². The van der Waals surface area contributed by atoms with Gasteiger partial charge in [-0.2, -0.15) is 0 Å². The zero-order valence-electron chi connectivity index (χ0n) is 13.1. The third-order valence-corrected chi connectivity index (χ3v) is 3.90. The summed E-state index contributed by atoms with van der Waals surface area (Å²) in [6.45, 7) is 7.30. The van der Waals surface area contributed by atoms with Crippen LogP contribution in [0.4, 0.5) is 4.79 Å². The maximum absolute atomic E-state index is 11.9. The van der Waals surface area contributed by atoms with E-state index < -0.39 is 0 Å². The largest absolute Gasteiger partial charge is 0.493 e. The van der Waals surface area contributed by atoms with E-state index in [1.54, 1.807) is 0 Å². The number of hydrogen-bond donors (Lipinski definition) is 1. The lowest BCUT2D eigenvalue weighted by molar-refractivity contribution is 0.145. The Hall–Kier alpha value is -1.71. The van der Waals surface area contributed by atoms with Crippen LogP contribution in [0.25, 0.3) is 0 Å². The maximum Gasteiger partial charge on any atom is 0.317 e. The minimum absolute atomic E-state index is 0.0786. The number of aryl methyl sites for hydroxylation is 1. The highest BCUT2D eigenvalue weighted by atomic mass is 16.5. The molecule has 116 valence electrons. The topological polar surface area (TPSA) is 41.6 Å². The zero-order chi connectivity index (χ0) is 15.1. The monoisotopic (exact) mass is 290 g/mol. The fourth-order valence-electron chi connectivity index (χ4n) is 2.57. The molecule has 4 heteroatoms. The van der Waals surface area contributed by atoms with Gasteiger partial charge in [-0.3, -0.25) is 0 Å². The van der Waals surface area contributed by atoms with E-state index in [-0.39, 0.29) is 6.03 Å². The average Bonchev–Trinajstić information content (AvgIpc) is 2.51. The van der Waals surface area contributed by atoms with Crippen molar-refractivity contribution in [2.45, 2.75) is 33.1 Å². The number of carbonyl (C=O) groups excluding carboxylic acids is 1. The normalized spacial score (nSPS) is 15.8. The van der Waals surface area contributed by atoms with Gasteiger partial charge in [0.25, 0.3) is 0 Å². The second-order valence-electron chi connectivity index (χ2n) is 5.79. The predicted molar refractivity (Wildman–Crippen MR) is 84.7 cm³/mol. The highest BCUT2D eigenvalue weighted by Gasteiger charge is 2.22. The van der Waals surface area contributed by atoms with E-state index in [1.165, 1.54) is 5.56 Å². The minimum Gasteiger partial charge on any atom is -0.493 e. The van der Waals surface area contributed by atoms with E-state index in [4.69, 9.17) is 4.74 Å². The Morgan fingerprint density at radius 2 is 2.14 bits per heavy atom. The summed E-state index contributed by atoms with van der Waals surface area (Å²) in [6.07, 6.45) is 3.02. The molecule has 2 rings (SSSR count). The lowest BCUT2D eigenvalue weighted by Crippen LogP contribution is -2.45. The van der Waals surface area contributed by atoms with Crippen LogP contribution in [0.5, 0.6) is 5.75 Å². The summed E-state index contributed by atoms with van der Waals surface area (Å²) in [5.74, 6) is 1.49. The molecule has 1 aliphatic rings. The molecule has 1 N–H and O–H groups in total. The summed E-state index contributed by atoms with van der Waals surface area (Å²) in [6, 6.07) is 8.23. The van der Waals surface area contributed by atoms with Crippen molar-refractivity contribution in [3.8, 4) is 5.75 Å². The Morgan fingerprint density at radius 3 is 2.81 bits per heavy atom. The molecule has 1 aliphatic heterocycles. The Labute approximate surface area is 127 Å². The SMILES string of the molecule is CCCNC(=O)N1CCC(COc2cccc(C)c2)CC1. The molecule has 0 bridgehead atoms. The maximum atomic E-state index is 11.9. The first-order valence-electron chi connectivity index (χ1n) is 7.91. The van der Waals surface area contributed by atoms with Crippen molar-refractivity contribution in [3.63, 3.8) is 0 Å². The van der Waals surface area contributed by atoms with Crippen LogP contribution in [0, 0.1) is 12.8 Å². The summed E-state index contributed by atoms with van der Waals surface area (Å²) in [5, 5.41) is 2.94. The molecular formula is C17H26N2O2. The lowest BCUT2D eigenvalue weighted by atomic mass is 9.98. The van der Waals surface area contributed by atoms with Crippen LogP contribution in [-0.4, -0.2) is 37.2 Å². The van der Waals surface area contributed by atoms with Crippen molar-refractivity contribution in [2.24, 2.45) is 5.92 Å². The van der Waals surface area contributed by atoms with Gasteiger partial charge in [0.15, 0.2) is 0 Å². The molecule has 0 aromatic heterocycles. The molecule has 1 saturated heterocycles. The zero-order valence-corrected chi connectivity index (χ0v) is 13.1. The average molecular weight is 290 g/mol. The van der Waals surface area contributed by atoms with Gasteiger partial charge in [0.1, 0.15) is 5.75 Å². The first kappa shape index (κ1) is 15.7. The molecule has 21 heavy (non-hydrogen) atoms. The van der Waals surface area contributed by atoms with E-state index >= 15 is 0 Å². The molecule has 1 fully saturated rings. The number of benzene rings is 1. The van der Waals surface area contributed by atoms with Crippen LogP contribution in [0.3, 0.4) is 0 Å². The summed E-state index contributed by atoms with van der Waals surface area (Å²) in [7, 11) is 0. The molecule has 0 radical (unpaired) electrons. The number of piperidine rings is 1. The first-order chi connectivity index (χ1) is 10.2. The molecular weight excluding hydrogens is 264 g/mol. The van der Waals surface area contributed by atoms with Crippen molar-refractivity contribution in [1.29, 1.82) is 0 Å². The van der Waals surface area contributed by atoms with Gasteiger partial charge < -0.3 is 15.0 Å². The standard InChI is InChI=1S/C17H26N2O2/c1-3-9-18-17(20)19-10-7-15(8-11-19)13-21-16-6-4-5-14(2)12-16/h4-6,12,15H,3,7-11,13H2,1-2H3,(H,18,20). The molecule has 0 atom stereocenters. The predicted octanol–water partition coefficient (Wildman–Crippen LogP) is 3.21. The van der Waals surface area contributed by atoms with Gasteiger partial charge in [-0.25, -0.2) is 4.79 Å². The van der Waals surface area contributed by atoms with Crippen LogP contribution in [0.15, 0.2) is 24.3 Å². The molecule has 0 saturated carbocycles. The first-order valence-corrected chi connectivity index (χ1v) is 7.91. The van der Waals surface area contributed by atoms with Crippen LogP contribution >= 0.6 is 0 Å². The summed E-state index contributed by atoms with van der Waals surface area (Å²) >= 11 is 0. The van der Waals surface area contributed by atoms with Gasteiger partial charge in [0.05, 0.1) is 6.61 Å². The fraction of sp³-hybridized carbons (Fsp3) is 0.588. The highest BCUT2D eigenvalue weighted by Crippen LogP contribution is 2.20. The number of nitrogens with one attached hydrogen (secondary N) is 1. The third kappa shape index (κ3) is 4.96. The fourth-order valence-corrected chi connectivity index (χ4v) is 2.57. The third-order valence-electron chi connectivity index (χ3n) is 3.90. The van der Waals surface area contributed by atoms with E-state index in [2.05, 4.69) is 31.3 Å². The number of urea groups is 1. The number of amides is 2. The lowest BCUT2D eigenvalue weighted by Gasteiger charge is -2.31. The van der Waals surface area contributed by atoms with Crippen molar-refractivity contribution in [2.75, 3.05) is 26.2 Å². The Balaban J connectivity index is 1.70. The minimum atomic E-state index is 0.0786. The molecule has 0 unspecified atom stereocenters. The van der Waals surface area contributed by atoms with E-state index in [9.17, 15) is 4.79 Å². The molecule has 0 spiro atoms. The van der Waals surface area contributed by atoms with Crippen LogP contribution in [-0.2, 0) is 0 Å². The number of hydrogen-bond acceptors (Lipinski definition) is 2. The van der Waals surface area contributed by atoms with Gasteiger partial charge >= 0.3 is 6.03 Å². The molecule has 1 aromatic carbocycles. The van der Waals surface area contributed by atoms with Crippen molar-refractivity contribution < 1.29 is 9.53 Å². The van der Waals surface area contributed by atoms with Crippen molar-refractivity contribution >= 4 is 6.03 Å². The van der Waals surface area contributed by atoms with Gasteiger partial charge in [-0.1, -0.05) is 19.1 Å². The second-order valence-corrected chi connectivity index (χ2v) is 5.79. The number of carbonyl (C=O) groups is 1. The quantitative estimate of drug-likeness (QED) is 0.904. The number of rotatable bonds is 5. The van der Waals surface area contributed by atoms with E-state index in [0.29, 0.717) is 5.92 Å². The highest BCUT2D eigenvalue weighted by molar-refractivity contribution is 5.74. The Morgan fingerprint density at radius 1 is 1.38 bits per heavy atom. The Bertz CT molecular complexity index is 454. The smallest absolute Gasteiger partial charge is 0.317 e. The molecule has 4 nitrogen and oxygen atoms in total. The van der Waals surface area contributed by atoms with E-state index in [1.807, 2.05) is 17.0 Å². The van der Waals surface area contributed by atoms with Crippen LogP contribution < -0.4 is 10.1 Å². The van der Waals surface area contributed by atoms with E-state index in [0.717, 1.165) is 51.3 Å². The summed E-state index contributed by atoms with van der Waals surface area (Å²) in [5.41, 5.74) is 1.22. The number of likely N-dealkylation sites (tertiary alicyclic amines) is 1. The molecule has 0 aliphatic carbocycles. The van der Waals surface area contributed by atoms with Crippen molar-refractivity contribution in [3.05, 3.63) is 29.8 Å². The van der Waals surface area contributed by atoms with Gasteiger partial charge in [-0.15, -0.1) is 0 Å². The van der Waals surface area contributed by atoms with Crippen molar-refractivity contribution in [1.82, 2.24) is 10.2 Å².